The molecular weight excluding hydrogens is 290 g/mol. The normalized spacial score (nSPS) is 19.1. The van der Waals surface area contributed by atoms with Gasteiger partial charge in [0.25, 0.3) is 0 Å². The zero-order chi connectivity index (χ0) is 15.6. The average Bonchev–Trinajstić information content (AvgIpc) is 2.44. The molecule has 6 heteroatoms. The number of rotatable bonds is 5. The maximum Gasteiger partial charge on any atom is 0.214 e. The molecule has 2 rings (SSSR count). The van der Waals surface area contributed by atoms with Crippen molar-refractivity contribution in [2.75, 3.05) is 20.0 Å². The van der Waals surface area contributed by atoms with E-state index in [4.69, 9.17) is 9.47 Å². The lowest BCUT2D eigenvalue weighted by Gasteiger charge is -2.34. The Bertz CT molecular complexity index is 612. The highest BCUT2D eigenvalue weighted by atomic mass is 32.2. The van der Waals surface area contributed by atoms with E-state index in [0.717, 1.165) is 11.1 Å². The van der Waals surface area contributed by atoms with Crippen molar-refractivity contribution in [1.29, 1.82) is 0 Å². The summed E-state index contributed by atoms with van der Waals surface area (Å²) in [5, 5.41) is 0. The Labute approximate surface area is 126 Å². The van der Waals surface area contributed by atoms with Gasteiger partial charge in [0.05, 0.1) is 20.0 Å². The number of nitrogens with zero attached hydrogens (tertiary/aromatic N) is 1. The molecule has 1 heterocycles. The Morgan fingerprint density at radius 3 is 2.29 bits per heavy atom. The van der Waals surface area contributed by atoms with Gasteiger partial charge in [0.2, 0.25) is 10.0 Å². The number of benzene rings is 1. The Morgan fingerprint density at radius 2 is 1.76 bits per heavy atom. The monoisotopic (exact) mass is 313 g/mol. The summed E-state index contributed by atoms with van der Waals surface area (Å²) < 4.78 is 36.9. The third-order valence-corrected chi connectivity index (χ3v) is 5.99. The number of hydrogen-bond acceptors (Lipinski definition) is 4. The first-order chi connectivity index (χ1) is 9.92. The lowest BCUT2D eigenvalue weighted by molar-refractivity contribution is 0.305. The molecule has 21 heavy (non-hydrogen) atoms. The molecule has 0 bridgehead atoms. The van der Waals surface area contributed by atoms with Crippen LogP contribution in [0.2, 0.25) is 0 Å². The zero-order valence-electron chi connectivity index (χ0n) is 13.0. The van der Waals surface area contributed by atoms with Crippen LogP contribution >= 0.6 is 0 Å². The number of ether oxygens (including phenoxy) is 2. The van der Waals surface area contributed by atoms with Crippen LogP contribution in [-0.4, -0.2) is 38.7 Å². The molecule has 0 saturated heterocycles. The van der Waals surface area contributed by atoms with E-state index in [1.807, 2.05) is 26.0 Å². The van der Waals surface area contributed by atoms with Crippen molar-refractivity contribution in [3.8, 4) is 11.5 Å². The van der Waals surface area contributed by atoms with Gasteiger partial charge in [-0.3, -0.25) is 0 Å². The second-order valence-corrected chi connectivity index (χ2v) is 7.43. The van der Waals surface area contributed by atoms with Gasteiger partial charge in [-0.2, -0.15) is 4.31 Å². The predicted molar refractivity (Wildman–Crippen MR) is 82.3 cm³/mol. The fourth-order valence-corrected chi connectivity index (χ4v) is 4.50. The summed E-state index contributed by atoms with van der Waals surface area (Å²) in [7, 11) is -0.00901. The smallest absolute Gasteiger partial charge is 0.214 e. The lowest BCUT2D eigenvalue weighted by Crippen LogP contribution is -2.43. The van der Waals surface area contributed by atoms with Crippen molar-refractivity contribution in [1.82, 2.24) is 4.31 Å². The first-order valence-corrected chi connectivity index (χ1v) is 8.77. The molecule has 1 aromatic carbocycles. The van der Waals surface area contributed by atoms with Crippen LogP contribution in [-0.2, 0) is 23.0 Å². The van der Waals surface area contributed by atoms with Crippen molar-refractivity contribution in [2.45, 2.75) is 39.3 Å². The summed E-state index contributed by atoms with van der Waals surface area (Å²) in [6, 6.07) is 3.80. The molecule has 0 spiro atoms. The topological polar surface area (TPSA) is 55.8 Å². The first-order valence-electron chi connectivity index (χ1n) is 7.16. The minimum absolute atomic E-state index is 0.0350. The summed E-state index contributed by atoms with van der Waals surface area (Å²) in [5.41, 5.74) is 2.12. The average molecular weight is 313 g/mol. The van der Waals surface area contributed by atoms with Gasteiger partial charge in [-0.25, -0.2) is 8.42 Å². The highest BCUT2D eigenvalue weighted by Crippen LogP contribution is 2.35. The van der Waals surface area contributed by atoms with Gasteiger partial charge in [-0.05, 0) is 43.0 Å². The Balaban J connectivity index is 2.38. The molecule has 0 N–H and O–H groups in total. The van der Waals surface area contributed by atoms with Gasteiger partial charge in [-0.1, -0.05) is 6.92 Å². The molecule has 0 saturated carbocycles. The van der Waals surface area contributed by atoms with Gasteiger partial charge in [0.15, 0.2) is 11.5 Å². The summed E-state index contributed by atoms with van der Waals surface area (Å²) >= 11 is 0. The largest absolute Gasteiger partial charge is 0.493 e. The molecule has 1 aromatic rings. The van der Waals surface area contributed by atoms with Crippen molar-refractivity contribution in [2.24, 2.45) is 0 Å². The zero-order valence-corrected chi connectivity index (χ0v) is 13.9. The quantitative estimate of drug-likeness (QED) is 0.836. The third-order valence-electron chi connectivity index (χ3n) is 3.86. The standard InChI is InChI=1S/C15H23NO4S/c1-5-6-21(17,18)16-10-13-9-15(20-4)14(19-3)8-12(13)7-11(16)2/h8-9,11H,5-7,10H2,1-4H3. The maximum atomic E-state index is 12.4. The van der Waals surface area contributed by atoms with Crippen LogP contribution in [0.3, 0.4) is 0 Å². The second kappa shape index (κ2) is 6.23. The van der Waals surface area contributed by atoms with Crippen LogP contribution in [0.15, 0.2) is 12.1 Å². The van der Waals surface area contributed by atoms with Crippen LogP contribution in [0.1, 0.15) is 31.4 Å². The number of hydrogen-bond donors (Lipinski definition) is 0. The molecule has 0 aliphatic carbocycles. The summed E-state index contributed by atoms with van der Waals surface area (Å²) in [4.78, 5) is 0. The molecule has 5 nitrogen and oxygen atoms in total. The Kier molecular flexibility index (Phi) is 4.78. The van der Waals surface area contributed by atoms with Gasteiger partial charge in [-0.15, -0.1) is 0 Å². The third kappa shape index (κ3) is 3.16. The van der Waals surface area contributed by atoms with Gasteiger partial charge >= 0.3 is 0 Å². The van der Waals surface area contributed by atoms with Crippen LogP contribution in [0, 0.1) is 0 Å². The highest BCUT2D eigenvalue weighted by Gasteiger charge is 2.32. The van der Waals surface area contributed by atoms with E-state index in [2.05, 4.69) is 0 Å². The van der Waals surface area contributed by atoms with Crippen LogP contribution < -0.4 is 9.47 Å². The van der Waals surface area contributed by atoms with E-state index in [-0.39, 0.29) is 11.8 Å². The van der Waals surface area contributed by atoms with Crippen LogP contribution in [0.25, 0.3) is 0 Å². The SMILES string of the molecule is CCCS(=O)(=O)N1Cc2cc(OC)c(OC)cc2CC1C. The van der Waals surface area contributed by atoms with Crippen molar-refractivity contribution < 1.29 is 17.9 Å². The van der Waals surface area contributed by atoms with Crippen molar-refractivity contribution >= 4 is 10.0 Å². The van der Waals surface area contributed by atoms with E-state index in [1.165, 1.54) is 0 Å². The van der Waals surface area contributed by atoms with E-state index in [9.17, 15) is 8.42 Å². The Hall–Kier alpha value is -1.27. The van der Waals surface area contributed by atoms with Gasteiger partial charge in [0.1, 0.15) is 0 Å². The number of fused-ring (bicyclic) bond motifs is 1. The molecule has 0 amide bonds. The molecule has 0 aromatic heterocycles. The van der Waals surface area contributed by atoms with E-state index in [1.54, 1.807) is 18.5 Å². The molecule has 0 radical (unpaired) electrons. The molecule has 118 valence electrons. The van der Waals surface area contributed by atoms with Gasteiger partial charge in [0, 0.05) is 12.6 Å². The number of methoxy groups -OCH3 is 2. The Morgan fingerprint density at radius 1 is 1.19 bits per heavy atom. The van der Waals surface area contributed by atoms with Gasteiger partial charge < -0.3 is 9.47 Å². The molecule has 1 aliphatic rings. The first kappa shape index (κ1) is 16.1. The van der Waals surface area contributed by atoms with E-state index in [0.29, 0.717) is 30.9 Å². The molecule has 1 atom stereocenters. The second-order valence-electron chi connectivity index (χ2n) is 5.39. The molecule has 1 unspecified atom stereocenters. The van der Waals surface area contributed by atoms with Crippen molar-refractivity contribution in [3.05, 3.63) is 23.3 Å². The summed E-state index contributed by atoms with van der Waals surface area (Å²) in [5.74, 6) is 1.52. The fourth-order valence-electron chi connectivity index (χ4n) is 2.79. The molecule has 1 aliphatic heterocycles. The van der Waals surface area contributed by atoms with E-state index >= 15 is 0 Å². The predicted octanol–water partition coefficient (Wildman–Crippen LogP) is 2.19. The van der Waals surface area contributed by atoms with E-state index < -0.39 is 10.0 Å². The lowest BCUT2D eigenvalue weighted by atomic mass is 9.96. The van der Waals surface area contributed by atoms with Crippen LogP contribution in [0.5, 0.6) is 11.5 Å². The van der Waals surface area contributed by atoms with Crippen LogP contribution in [0.4, 0.5) is 0 Å². The molecule has 0 fully saturated rings. The van der Waals surface area contributed by atoms with Crippen molar-refractivity contribution in [3.63, 3.8) is 0 Å². The fraction of sp³-hybridized carbons (Fsp3) is 0.600. The highest BCUT2D eigenvalue weighted by molar-refractivity contribution is 7.89. The summed E-state index contributed by atoms with van der Waals surface area (Å²) in [6.45, 7) is 4.24. The minimum atomic E-state index is -3.20. The molecular formula is C15H23NO4S. The maximum absolute atomic E-state index is 12.4. The number of sulfonamides is 1. The summed E-state index contributed by atoms with van der Waals surface area (Å²) in [6.07, 6.45) is 1.32. The minimum Gasteiger partial charge on any atom is -0.493 e.